The Morgan fingerprint density at radius 1 is 1.04 bits per heavy atom. The molecular formula is C15H14Br2N4O3. The lowest BCUT2D eigenvalue weighted by Gasteiger charge is -2.13. The second-order valence-corrected chi connectivity index (χ2v) is 6.45. The molecule has 0 heterocycles. The van der Waals surface area contributed by atoms with Crippen LogP contribution < -0.4 is 26.6 Å². The number of amides is 3. The molecule has 0 atom stereocenters. The summed E-state index contributed by atoms with van der Waals surface area (Å²) in [4.78, 5) is 24.0. The molecule has 0 aliphatic rings. The van der Waals surface area contributed by atoms with Crippen molar-refractivity contribution in [1.29, 1.82) is 0 Å². The van der Waals surface area contributed by atoms with Gasteiger partial charge < -0.3 is 15.4 Å². The highest BCUT2D eigenvalue weighted by molar-refractivity contribution is 9.11. The molecule has 2 aromatic carbocycles. The molecule has 0 fully saturated rings. The third-order valence-corrected chi connectivity index (χ3v) is 3.89. The van der Waals surface area contributed by atoms with Crippen molar-refractivity contribution in [1.82, 2.24) is 5.43 Å². The van der Waals surface area contributed by atoms with E-state index in [0.29, 0.717) is 11.4 Å². The van der Waals surface area contributed by atoms with Crippen LogP contribution in [-0.2, 0) is 0 Å². The zero-order chi connectivity index (χ0) is 17.7. The molecule has 0 radical (unpaired) electrons. The first-order chi connectivity index (χ1) is 11.4. The van der Waals surface area contributed by atoms with Crippen molar-refractivity contribution in [2.24, 2.45) is 5.84 Å². The summed E-state index contributed by atoms with van der Waals surface area (Å²) in [5.41, 5.74) is 3.08. The van der Waals surface area contributed by atoms with E-state index in [1.54, 1.807) is 18.2 Å². The van der Waals surface area contributed by atoms with Crippen LogP contribution in [-0.4, -0.2) is 19.0 Å². The lowest BCUT2D eigenvalue weighted by molar-refractivity contribution is 0.0954. The number of methoxy groups -OCH3 is 1. The Hall–Kier alpha value is -2.10. The lowest BCUT2D eigenvalue weighted by atomic mass is 10.1. The van der Waals surface area contributed by atoms with Gasteiger partial charge in [-0.25, -0.2) is 10.6 Å². The molecule has 2 aromatic rings. The topological polar surface area (TPSA) is 105 Å². The summed E-state index contributed by atoms with van der Waals surface area (Å²) < 4.78 is 6.71. The molecule has 0 saturated heterocycles. The van der Waals surface area contributed by atoms with E-state index >= 15 is 0 Å². The van der Waals surface area contributed by atoms with Crippen LogP contribution in [0.4, 0.5) is 16.2 Å². The molecule has 0 unspecified atom stereocenters. The molecule has 0 aromatic heterocycles. The van der Waals surface area contributed by atoms with Gasteiger partial charge in [0.15, 0.2) is 0 Å². The molecule has 126 valence electrons. The third kappa shape index (κ3) is 4.70. The van der Waals surface area contributed by atoms with E-state index in [4.69, 9.17) is 10.6 Å². The molecule has 2 rings (SSSR count). The maximum absolute atomic E-state index is 12.2. The van der Waals surface area contributed by atoms with Gasteiger partial charge in [-0.3, -0.25) is 10.2 Å². The molecule has 24 heavy (non-hydrogen) atoms. The highest BCUT2D eigenvalue weighted by atomic mass is 79.9. The average Bonchev–Trinajstić information content (AvgIpc) is 2.52. The number of nitrogen functional groups attached to an aromatic ring is 1. The number of nitrogens with one attached hydrogen (secondary N) is 3. The largest absolute Gasteiger partial charge is 0.497 e. The van der Waals surface area contributed by atoms with E-state index in [-0.39, 0.29) is 11.3 Å². The summed E-state index contributed by atoms with van der Waals surface area (Å²) in [6, 6.07) is 9.44. The van der Waals surface area contributed by atoms with Crippen molar-refractivity contribution >= 4 is 55.2 Å². The van der Waals surface area contributed by atoms with Crippen molar-refractivity contribution in [2.45, 2.75) is 0 Å². The highest BCUT2D eigenvalue weighted by Gasteiger charge is 2.14. The van der Waals surface area contributed by atoms with Gasteiger partial charge in [0.05, 0.1) is 18.4 Å². The van der Waals surface area contributed by atoms with Crippen LogP contribution in [0.5, 0.6) is 5.75 Å². The van der Waals surface area contributed by atoms with E-state index in [0.717, 1.165) is 8.95 Å². The molecule has 0 aliphatic carbocycles. The van der Waals surface area contributed by atoms with E-state index in [1.165, 1.54) is 19.2 Å². The quantitative estimate of drug-likeness (QED) is 0.320. The van der Waals surface area contributed by atoms with Gasteiger partial charge in [0, 0.05) is 20.7 Å². The lowest BCUT2D eigenvalue weighted by Crippen LogP contribution is -2.31. The summed E-state index contributed by atoms with van der Waals surface area (Å²) in [5.74, 6) is 5.12. The maximum Gasteiger partial charge on any atom is 0.323 e. The Morgan fingerprint density at radius 2 is 1.71 bits per heavy atom. The molecule has 3 amide bonds. The van der Waals surface area contributed by atoms with E-state index in [2.05, 4.69) is 42.5 Å². The molecule has 0 bridgehead atoms. The van der Waals surface area contributed by atoms with Crippen molar-refractivity contribution in [3.05, 3.63) is 50.9 Å². The summed E-state index contributed by atoms with van der Waals surface area (Å²) in [5, 5.41) is 5.29. The molecule has 7 nitrogen and oxygen atoms in total. The third-order valence-electron chi connectivity index (χ3n) is 2.97. The second-order valence-electron chi connectivity index (χ2n) is 4.62. The van der Waals surface area contributed by atoms with E-state index in [9.17, 15) is 9.59 Å². The summed E-state index contributed by atoms with van der Waals surface area (Å²) in [6.07, 6.45) is 0. The van der Waals surface area contributed by atoms with Crippen LogP contribution in [0.1, 0.15) is 10.4 Å². The van der Waals surface area contributed by atoms with Gasteiger partial charge in [0.1, 0.15) is 5.75 Å². The van der Waals surface area contributed by atoms with Gasteiger partial charge in [-0.1, -0.05) is 31.9 Å². The molecule has 0 saturated carbocycles. The normalized spacial score (nSPS) is 10.0. The van der Waals surface area contributed by atoms with Crippen molar-refractivity contribution < 1.29 is 14.3 Å². The minimum atomic E-state index is -0.529. The van der Waals surface area contributed by atoms with Crippen molar-refractivity contribution in [3.8, 4) is 5.75 Å². The van der Waals surface area contributed by atoms with E-state index in [1.807, 2.05) is 11.5 Å². The number of carbonyl (C=O) groups is 2. The van der Waals surface area contributed by atoms with Crippen molar-refractivity contribution in [2.75, 3.05) is 17.7 Å². The Bertz CT molecular complexity index is 763. The fourth-order valence-electron chi connectivity index (χ4n) is 1.94. The number of carbonyl (C=O) groups excluding carboxylic acids is 2. The highest BCUT2D eigenvalue weighted by Crippen LogP contribution is 2.25. The summed E-state index contributed by atoms with van der Waals surface area (Å²) in [6.45, 7) is 0. The van der Waals surface area contributed by atoms with Gasteiger partial charge in [0.2, 0.25) is 0 Å². The monoisotopic (exact) mass is 456 g/mol. The van der Waals surface area contributed by atoms with Gasteiger partial charge in [-0.2, -0.15) is 0 Å². The van der Waals surface area contributed by atoms with Crippen LogP contribution in [0.2, 0.25) is 0 Å². The number of rotatable bonds is 4. The standard InChI is InChI=1S/C15H14Br2N4O3/c1-24-11-2-3-12(14(22)21-18)13(7-11)20-15(23)19-10-5-8(16)4-9(17)6-10/h2-7H,18H2,1H3,(H,21,22)(H2,19,20,23). The Kier molecular flexibility index (Phi) is 6.18. The Labute approximate surface area is 155 Å². The number of halogens is 2. The fraction of sp³-hybridized carbons (Fsp3) is 0.0667. The summed E-state index contributed by atoms with van der Waals surface area (Å²) >= 11 is 6.69. The molecule has 5 N–H and O–H groups in total. The van der Waals surface area contributed by atoms with Crippen molar-refractivity contribution in [3.63, 3.8) is 0 Å². The van der Waals surface area contributed by atoms with Crippen LogP contribution >= 0.6 is 31.9 Å². The number of nitrogens with two attached hydrogens (primary N) is 1. The Morgan fingerprint density at radius 3 is 2.29 bits per heavy atom. The SMILES string of the molecule is COc1ccc(C(=O)NN)c(NC(=O)Nc2cc(Br)cc(Br)c2)c1. The first-order valence-electron chi connectivity index (χ1n) is 6.66. The predicted molar refractivity (Wildman–Crippen MR) is 99.1 cm³/mol. The number of anilines is 2. The molecule has 9 heteroatoms. The Balaban J connectivity index is 2.22. The van der Waals surface area contributed by atoms with Gasteiger partial charge in [0.25, 0.3) is 5.91 Å². The number of ether oxygens (including phenoxy) is 1. The van der Waals surface area contributed by atoms with Gasteiger partial charge >= 0.3 is 6.03 Å². The molecule has 0 spiro atoms. The first-order valence-corrected chi connectivity index (χ1v) is 8.24. The second kappa shape index (κ2) is 8.13. The van der Waals surface area contributed by atoms with Gasteiger partial charge in [-0.15, -0.1) is 0 Å². The van der Waals surface area contributed by atoms with Gasteiger partial charge in [-0.05, 0) is 30.3 Å². The van der Waals surface area contributed by atoms with Crippen LogP contribution in [0.15, 0.2) is 45.3 Å². The first kappa shape index (κ1) is 18.2. The average molecular weight is 458 g/mol. The molecule has 0 aliphatic heterocycles. The van der Waals surface area contributed by atoms with Crippen LogP contribution in [0.25, 0.3) is 0 Å². The van der Waals surface area contributed by atoms with Crippen LogP contribution in [0, 0.1) is 0 Å². The number of hydrogen-bond acceptors (Lipinski definition) is 4. The zero-order valence-corrected chi connectivity index (χ0v) is 15.7. The summed E-state index contributed by atoms with van der Waals surface area (Å²) in [7, 11) is 1.49. The predicted octanol–water partition coefficient (Wildman–Crippen LogP) is 3.47. The number of benzene rings is 2. The smallest absolute Gasteiger partial charge is 0.323 e. The molecular weight excluding hydrogens is 444 g/mol. The minimum absolute atomic E-state index is 0.212. The number of urea groups is 1. The number of hydrazine groups is 1. The minimum Gasteiger partial charge on any atom is -0.497 e. The number of hydrogen-bond donors (Lipinski definition) is 4. The fourth-order valence-corrected chi connectivity index (χ4v) is 3.23. The van der Waals surface area contributed by atoms with Crippen LogP contribution in [0.3, 0.4) is 0 Å². The maximum atomic E-state index is 12.2. The van der Waals surface area contributed by atoms with E-state index < -0.39 is 11.9 Å². The zero-order valence-electron chi connectivity index (χ0n) is 12.5.